The van der Waals surface area contributed by atoms with Crippen LogP contribution in [0.25, 0.3) is 16.7 Å². The van der Waals surface area contributed by atoms with Crippen molar-refractivity contribution in [2.24, 2.45) is 0 Å². The van der Waals surface area contributed by atoms with E-state index in [0.717, 1.165) is 24.2 Å². The SMILES string of the molecule is CCCc1ccnc2c1ccn2-c1ccccc1. The highest BCUT2D eigenvalue weighted by molar-refractivity contribution is 5.81. The zero-order valence-electron chi connectivity index (χ0n) is 10.5. The molecule has 3 aromatic rings. The summed E-state index contributed by atoms with van der Waals surface area (Å²) in [5, 5.41) is 1.27. The molecule has 0 unspecified atom stereocenters. The van der Waals surface area contributed by atoms with Gasteiger partial charge in [-0.2, -0.15) is 0 Å². The quantitative estimate of drug-likeness (QED) is 0.672. The third-order valence-corrected chi connectivity index (χ3v) is 3.23. The minimum Gasteiger partial charge on any atom is -0.301 e. The monoisotopic (exact) mass is 236 g/mol. The number of nitrogens with zero attached hydrogens (tertiary/aromatic N) is 2. The molecule has 2 heterocycles. The van der Waals surface area contributed by atoms with E-state index in [2.05, 4.69) is 59.1 Å². The van der Waals surface area contributed by atoms with E-state index in [4.69, 9.17) is 0 Å². The van der Waals surface area contributed by atoms with Gasteiger partial charge in [-0.3, -0.25) is 0 Å². The van der Waals surface area contributed by atoms with Gasteiger partial charge in [-0.1, -0.05) is 31.5 Å². The smallest absolute Gasteiger partial charge is 0.144 e. The molecular weight excluding hydrogens is 220 g/mol. The van der Waals surface area contributed by atoms with Crippen LogP contribution in [0.3, 0.4) is 0 Å². The Balaban J connectivity index is 2.18. The van der Waals surface area contributed by atoms with Gasteiger partial charge in [0.05, 0.1) is 0 Å². The third kappa shape index (κ3) is 1.80. The van der Waals surface area contributed by atoms with Crippen molar-refractivity contribution in [1.29, 1.82) is 0 Å². The van der Waals surface area contributed by atoms with Crippen LogP contribution in [0.4, 0.5) is 0 Å². The van der Waals surface area contributed by atoms with E-state index in [0.29, 0.717) is 0 Å². The van der Waals surface area contributed by atoms with E-state index in [1.54, 1.807) is 0 Å². The van der Waals surface area contributed by atoms with E-state index in [1.807, 2.05) is 12.3 Å². The zero-order chi connectivity index (χ0) is 12.4. The number of aryl methyl sites for hydroxylation is 1. The van der Waals surface area contributed by atoms with Crippen LogP contribution in [0.2, 0.25) is 0 Å². The number of pyridine rings is 1. The van der Waals surface area contributed by atoms with Crippen molar-refractivity contribution in [1.82, 2.24) is 9.55 Å². The number of aromatic nitrogens is 2. The Morgan fingerprint density at radius 1 is 1.06 bits per heavy atom. The number of hydrogen-bond donors (Lipinski definition) is 0. The first-order valence-corrected chi connectivity index (χ1v) is 6.40. The van der Waals surface area contributed by atoms with Crippen LogP contribution in [-0.4, -0.2) is 9.55 Å². The average molecular weight is 236 g/mol. The number of fused-ring (bicyclic) bond motifs is 1. The molecule has 0 aliphatic rings. The highest BCUT2D eigenvalue weighted by Gasteiger charge is 2.07. The van der Waals surface area contributed by atoms with Gasteiger partial charge in [0.2, 0.25) is 0 Å². The molecule has 0 fully saturated rings. The summed E-state index contributed by atoms with van der Waals surface area (Å²) in [5.41, 5.74) is 3.60. The summed E-state index contributed by atoms with van der Waals surface area (Å²) in [5.74, 6) is 0. The van der Waals surface area contributed by atoms with Crippen molar-refractivity contribution in [3.8, 4) is 5.69 Å². The summed E-state index contributed by atoms with van der Waals surface area (Å²) in [6.45, 7) is 2.21. The molecular formula is C16H16N2. The van der Waals surface area contributed by atoms with Crippen molar-refractivity contribution >= 4 is 11.0 Å². The van der Waals surface area contributed by atoms with Gasteiger partial charge in [-0.15, -0.1) is 0 Å². The highest BCUT2D eigenvalue weighted by Crippen LogP contribution is 2.22. The van der Waals surface area contributed by atoms with Crippen LogP contribution in [0.5, 0.6) is 0 Å². The predicted octanol–water partition coefficient (Wildman–Crippen LogP) is 3.98. The summed E-state index contributed by atoms with van der Waals surface area (Å²) in [6.07, 6.45) is 6.28. The Kier molecular flexibility index (Phi) is 2.85. The van der Waals surface area contributed by atoms with Crippen LogP contribution in [0.15, 0.2) is 54.9 Å². The molecule has 18 heavy (non-hydrogen) atoms. The van der Waals surface area contributed by atoms with Gasteiger partial charge in [0.15, 0.2) is 0 Å². The maximum absolute atomic E-state index is 4.52. The molecule has 0 radical (unpaired) electrons. The lowest BCUT2D eigenvalue weighted by atomic mass is 10.1. The molecule has 3 rings (SSSR count). The summed E-state index contributed by atoms with van der Waals surface area (Å²) in [7, 11) is 0. The van der Waals surface area contributed by atoms with Gasteiger partial charge in [-0.05, 0) is 36.2 Å². The second-order valence-electron chi connectivity index (χ2n) is 4.48. The second kappa shape index (κ2) is 4.65. The molecule has 90 valence electrons. The summed E-state index contributed by atoms with van der Waals surface area (Å²) >= 11 is 0. The van der Waals surface area contributed by atoms with Crippen molar-refractivity contribution in [2.45, 2.75) is 19.8 Å². The van der Waals surface area contributed by atoms with Gasteiger partial charge in [0, 0.05) is 23.5 Å². The fourth-order valence-electron chi connectivity index (χ4n) is 2.38. The topological polar surface area (TPSA) is 17.8 Å². The zero-order valence-corrected chi connectivity index (χ0v) is 10.5. The molecule has 0 aliphatic carbocycles. The lowest BCUT2D eigenvalue weighted by molar-refractivity contribution is 0.927. The molecule has 2 heteroatoms. The third-order valence-electron chi connectivity index (χ3n) is 3.23. The molecule has 0 saturated heterocycles. The summed E-state index contributed by atoms with van der Waals surface area (Å²) in [6, 6.07) is 14.6. The Bertz CT molecular complexity index is 653. The predicted molar refractivity (Wildman–Crippen MR) is 75.1 cm³/mol. The maximum atomic E-state index is 4.52. The van der Waals surface area contributed by atoms with Crippen LogP contribution in [0, 0.1) is 0 Å². The van der Waals surface area contributed by atoms with Crippen molar-refractivity contribution in [2.75, 3.05) is 0 Å². The Hall–Kier alpha value is -2.09. The van der Waals surface area contributed by atoms with Gasteiger partial charge < -0.3 is 4.57 Å². The van der Waals surface area contributed by atoms with Crippen LogP contribution in [0.1, 0.15) is 18.9 Å². The van der Waals surface area contributed by atoms with Crippen molar-refractivity contribution in [3.05, 3.63) is 60.4 Å². The molecule has 0 spiro atoms. The standard InChI is InChI=1S/C16H16N2/c1-2-6-13-9-11-17-16-15(13)10-12-18(16)14-7-4-3-5-8-14/h3-5,7-12H,2,6H2,1H3. The maximum Gasteiger partial charge on any atom is 0.144 e. The molecule has 0 N–H and O–H groups in total. The number of rotatable bonds is 3. The fourth-order valence-corrected chi connectivity index (χ4v) is 2.38. The van der Waals surface area contributed by atoms with Gasteiger partial charge in [0.25, 0.3) is 0 Å². The minimum atomic E-state index is 1.05. The molecule has 1 aromatic carbocycles. The highest BCUT2D eigenvalue weighted by atomic mass is 15.0. The van der Waals surface area contributed by atoms with Gasteiger partial charge in [-0.25, -0.2) is 4.98 Å². The van der Waals surface area contributed by atoms with E-state index < -0.39 is 0 Å². The van der Waals surface area contributed by atoms with E-state index in [1.165, 1.54) is 10.9 Å². The lowest BCUT2D eigenvalue weighted by Crippen LogP contribution is -1.94. The number of hydrogen-bond acceptors (Lipinski definition) is 1. The van der Waals surface area contributed by atoms with Crippen LogP contribution >= 0.6 is 0 Å². The average Bonchev–Trinajstić information content (AvgIpc) is 2.85. The molecule has 2 nitrogen and oxygen atoms in total. The largest absolute Gasteiger partial charge is 0.301 e. The Morgan fingerprint density at radius 3 is 2.67 bits per heavy atom. The first kappa shape index (κ1) is 11.0. The van der Waals surface area contributed by atoms with E-state index in [9.17, 15) is 0 Å². The minimum absolute atomic E-state index is 1.05. The lowest BCUT2D eigenvalue weighted by Gasteiger charge is -2.05. The molecule has 0 saturated carbocycles. The normalized spacial score (nSPS) is 10.9. The molecule has 0 bridgehead atoms. The molecule has 2 aromatic heterocycles. The van der Waals surface area contributed by atoms with E-state index in [-0.39, 0.29) is 0 Å². The molecule has 0 amide bonds. The first-order chi connectivity index (χ1) is 8.90. The van der Waals surface area contributed by atoms with E-state index >= 15 is 0 Å². The summed E-state index contributed by atoms with van der Waals surface area (Å²) < 4.78 is 2.15. The molecule has 0 atom stereocenters. The van der Waals surface area contributed by atoms with Gasteiger partial charge in [0.1, 0.15) is 5.65 Å². The summed E-state index contributed by atoms with van der Waals surface area (Å²) in [4.78, 5) is 4.52. The fraction of sp³-hybridized carbons (Fsp3) is 0.188. The van der Waals surface area contributed by atoms with Crippen LogP contribution in [-0.2, 0) is 6.42 Å². The first-order valence-electron chi connectivity index (χ1n) is 6.40. The van der Waals surface area contributed by atoms with Crippen molar-refractivity contribution < 1.29 is 0 Å². The van der Waals surface area contributed by atoms with Crippen LogP contribution < -0.4 is 0 Å². The van der Waals surface area contributed by atoms with Crippen molar-refractivity contribution in [3.63, 3.8) is 0 Å². The Morgan fingerprint density at radius 2 is 1.89 bits per heavy atom. The molecule has 0 aliphatic heterocycles. The number of benzene rings is 1. The Labute approximate surface area is 107 Å². The van der Waals surface area contributed by atoms with Gasteiger partial charge >= 0.3 is 0 Å². The second-order valence-corrected chi connectivity index (χ2v) is 4.48. The number of para-hydroxylation sites is 1.